The van der Waals surface area contributed by atoms with Gasteiger partial charge in [-0.15, -0.1) is 11.3 Å². The van der Waals surface area contributed by atoms with Crippen LogP contribution in [-0.4, -0.2) is 22.8 Å². The molecular weight excluding hydrogens is 406 g/mol. The van der Waals surface area contributed by atoms with Gasteiger partial charge in [0.2, 0.25) is 5.78 Å². The minimum Gasteiger partial charge on any atom is -0.461 e. The van der Waals surface area contributed by atoms with Gasteiger partial charge >= 0.3 is 5.97 Å². The summed E-state index contributed by atoms with van der Waals surface area (Å²) in [6.07, 6.45) is 1.85. The highest BCUT2D eigenvalue weighted by molar-refractivity contribution is 7.12. The standard InChI is InChI=1S/C26H19NO3S/c1-2-30-26(29)24-21(18-10-4-3-5-11-18)22(25(28)20-13-8-16-31-20)23-19-12-7-6-9-17(19)14-15-27(23)24/h3-16H,2H2,1H3. The molecule has 0 amide bonds. The molecule has 0 radical (unpaired) electrons. The number of thiophene rings is 1. The molecule has 0 saturated heterocycles. The largest absolute Gasteiger partial charge is 0.461 e. The average molecular weight is 426 g/mol. The molecule has 3 heterocycles. The second-order valence-corrected chi connectivity index (χ2v) is 8.06. The number of aromatic nitrogens is 1. The Hall–Kier alpha value is -3.70. The zero-order chi connectivity index (χ0) is 21.4. The Morgan fingerprint density at radius 3 is 2.45 bits per heavy atom. The number of hydrogen-bond acceptors (Lipinski definition) is 4. The number of rotatable bonds is 5. The van der Waals surface area contributed by atoms with Crippen molar-refractivity contribution in [3.8, 4) is 11.1 Å². The first kappa shape index (κ1) is 19.3. The van der Waals surface area contributed by atoms with Gasteiger partial charge < -0.3 is 9.14 Å². The molecule has 5 aromatic rings. The lowest BCUT2D eigenvalue weighted by Crippen LogP contribution is -2.09. The van der Waals surface area contributed by atoms with Gasteiger partial charge in [0.25, 0.3) is 0 Å². The Morgan fingerprint density at radius 1 is 0.935 bits per heavy atom. The summed E-state index contributed by atoms with van der Waals surface area (Å²) in [5.74, 6) is -0.546. The van der Waals surface area contributed by atoms with E-state index in [4.69, 9.17) is 4.74 Å². The molecule has 0 aliphatic carbocycles. The third-order valence-electron chi connectivity index (χ3n) is 5.33. The zero-order valence-corrected chi connectivity index (χ0v) is 17.7. The highest BCUT2D eigenvalue weighted by Crippen LogP contribution is 2.38. The van der Waals surface area contributed by atoms with Gasteiger partial charge in [-0.2, -0.15) is 0 Å². The summed E-state index contributed by atoms with van der Waals surface area (Å²) in [5.41, 5.74) is 3.02. The first-order valence-electron chi connectivity index (χ1n) is 10.1. The van der Waals surface area contributed by atoms with Crippen LogP contribution in [0.2, 0.25) is 0 Å². The average Bonchev–Trinajstić information content (AvgIpc) is 3.46. The van der Waals surface area contributed by atoms with Crippen LogP contribution in [0, 0.1) is 0 Å². The number of hydrogen-bond donors (Lipinski definition) is 0. The molecule has 0 N–H and O–H groups in total. The maximum atomic E-state index is 13.8. The molecule has 0 bridgehead atoms. The van der Waals surface area contributed by atoms with Gasteiger partial charge in [0, 0.05) is 17.1 Å². The van der Waals surface area contributed by atoms with Crippen molar-refractivity contribution in [2.75, 3.05) is 6.61 Å². The van der Waals surface area contributed by atoms with E-state index < -0.39 is 5.97 Å². The molecule has 3 aromatic heterocycles. The second kappa shape index (κ2) is 7.85. The van der Waals surface area contributed by atoms with Crippen LogP contribution in [0.15, 0.2) is 84.4 Å². The SMILES string of the molecule is CCOC(=O)c1c(-c2ccccc2)c(C(=O)c2cccs2)c2c3ccccc3ccn12. The van der Waals surface area contributed by atoms with Crippen molar-refractivity contribution in [1.82, 2.24) is 4.40 Å². The predicted molar refractivity (Wildman–Crippen MR) is 124 cm³/mol. The number of esters is 1. The molecule has 31 heavy (non-hydrogen) atoms. The van der Waals surface area contributed by atoms with Crippen LogP contribution in [0.4, 0.5) is 0 Å². The topological polar surface area (TPSA) is 47.8 Å². The molecule has 2 aromatic carbocycles. The summed E-state index contributed by atoms with van der Waals surface area (Å²) in [4.78, 5) is 27.6. The normalized spacial score (nSPS) is 11.1. The Morgan fingerprint density at radius 2 is 1.71 bits per heavy atom. The van der Waals surface area contributed by atoms with E-state index in [-0.39, 0.29) is 12.4 Å². The van der Waals surface area contributed by atoms with E-state index in [1.54, 1.807) is 6.92 Å². The number of benzene rings is 2. The lowest BCUT2D eigenvalue weighted by molar-refractivity contribution is 0.0519. The van der Waals surface area contributed by atoms with Gasteiger partial charge in [0.05, 0.1) is 22.6 Å². The van der Waals surface area contributed by atoms with E-state index in [0.29, 0.717) is 21.7 Å². The van der Waals surface area contributed by atoms with Crippen LogP contribution < -0.4 is 0 Å². The van der Waals surface area contributed by atoms with Gasteiger partial charge in [0.15, 0.2) is 0 Å². The van der Waals surface area contributed by atoms with Gasteiger partial charge in [-0.05, 0) is 35.4 Å². The van der Waals surface area contributed by atoms with Crippen molar-refractivity contribution >= 4 is 39.4 Å². The van der Waals surface area contributed by atoms with Gasteiger partial charge in [-0.25, -0.2) is 4.79 Å². The molecule has 0 fully saturated rings. The predicted octanol–water partition coefficient (Wildman–Crippen LogP) is 6.23. The maximum Gasteiger partial charge on any atom is 0.355 e. The summed E-state index contributed by atoms with van der Waals surface area (Å²) in [7, 11) is 0. The van der Waals surface area contributed by atoms with E-state index in [0.717, 1.165) is 21.9 Å². The first-order chi connectivity index (χ1) is 15.2. The van der Waals surface area contributed by atoms with Gasteiger partial charge in [0.1, 0.15) is 5.69 Å². The van der Waals surface area contributed by atoms with Crippen molar-refractivity contribution in [1.29, 1.82) is 0 Å². The number of carbonyl (C=O) groups excluding carboxylic acids is 2. The third kappa shape index (κ3) is 3.14. The fourth-order valence-corrected chi connectivity index (χ4v) is 4.72. The number of nitrogens with zero attached hydrogens (tertiary/aromatic N) is 1. The lowest BCUT2D eigenvalue weighted by Gasteiger charge is -2.07. The first-order valence-corrected chi connectivity index (χ1v) is 10.9. The molecule has 4 nitrogen and oxygen atoms in total. The summed E-state index contributed by atoms with van der Waals surface area (Å²) < 4.78 is 7.23. The minimum absolute atomic E-state index is 0.0988. The van der Waals surface area contributed by atoms with Crippen LogP contribution in [0.25, 0.3) is 27.4 Å². The van der Waals surface area contributed by atoms with Crippen LogP contribution >= 0.6 is 11.3 Å². The molecular formula is C26H19NO3S. The number of ketones is 1. The highest BCUT2D eigenvalue weighted by atomic mass is 32.1. The van der Waals surface area contributed by atoms with E-state index in [2.05, 4.69) is 0 Å². The molecule has 0 saturated carbocycles. The van der Waals surface area contributed by atoms with Crippen molar-refractivity contribution < 1.29 is 14.3 Å². The Kier molecular flexibility index (Phi) is 4.88. The van der Waals surface area contributed by atoms with Crippen molar-refractivity contribution in [2.24, 2.45) is 0 Å². The fourth-order valence-electron chi connectivity index (χ4n) is 4.05. The molecule has 0 unspecified atom stereocenters. The third-order valence-corrected chi connectivity index (χ3v) is 6.20. The van der Waals surface area contributed by atoms with Crippen molar-refractivity contribution in [2.45, 2.75) is 6.92 Å². The zero-order valence-electron chi connectivity index (χ0n) is 16.9. The van der Waals surface area contributed by atoms with Crippen LogP contribution in [-0.2, 0) is 4.74 Å². The molecule has 0 atom stereocenters. The quantitative estimate of drug-likeness (QED) is 0.248. The summed E-state index contributed by atoms with van der Waals surface area (Å²) >= 11 is 1.40. The van der Waals surface area contributed by atoms with Crippen LogP contribution in [0.5, 0.6) is 0 Å². The smallest absolute Gasteiger partial charge is 0.355 e. The van der Waals surface area contributed by atoms with E-state index in [1.807, 2.05) is 88.8 Å². The molecule has 152 valence electrons. The Labute approximate surface area is 183 Å². The monoisotopic (exact) mass is 425 g/mol. The van der Waals surface area contributed by atoms with Crippen LogP contribution in [0.3, 0.4) is 0 Å². The summed E-state index contributed by atoms with van der Waals surface area (Å²) in [5, 5.41) is 3.80. The van der Waals surface area contributed by atoms with E-state index >= 15 is 0 Å². The van der Waals surface area contributed by atoms with Gasteiger partial charge in [-0.3, -0.25) is 4.79 Å². The Balaban J connectivity index is 1.98. The summed E-state index contributed by atoms with van der Waals surface area (Å²) in [6.45, 7) is 2.03. The molecule has 0 spiro atoms. The number of carbonyl (C=O) groups is 2. The Bertz CT molecular complexity index is 1420. The van der Waals surface area contributed by atoms with E-state index in [1.165, 1.54) is 11.3 Å². The molecule has 5 rings (SSSR count). The molecule has 5 heteroatoms. The summed E-state index contributed by atoms with van der Waals surface area (Å²) in [6, 6.07) is 23.1. The van der Waals surface area contributed by atoms with Crippen molar-refractivity contribution in [3.05, 3.63) is 101 Å². The van der Waals surface area contributed by atoms with E-state index in [9.17, 15) is 9.59 Å². The molecule has 0 aliphatic rings. The van der Waals surface area contributed by atoms with Crippen molar-refractivity contribution in [3.63, 3.8) is 0 Å². The highest BCUT2D eigenvalue weighted by Gasteiger charge is 2.30. The number of pyridine rings is 1. The molecule has 0 aliphatic heterocycles. The minimum atomic E-state index is -0.447. The second-order valence-electron chi connectivity index (χ2n) is 7.11. The lowest BCUT2D eigenvalue weighted by atomic mass is 9.96. The fraction of sp³-hybridized carbons (Fsp3) is 0.0769. The number of fused-ring (bicyclic) bond motifs is 3. The van der Waals surface area contributed by atoms with Gasteiger partial charge in [-0.1, -0.05) is 60.7 Å². The maximum absolute atomic E-state index is 13.8. The van der Waals surface area contributed by atoms with Crippen LogP contribution in [0.1, 0.15) is 32.6 Å². The number of ether oxygens (including phenoxy) is 1.